The van der Waals surface area contributed by atoms with Crippen molar-refractivity contribution in [2.45, 2.75) is 0 Å². The third-order valence-corrected chi connectivity index (χ3v) is 2.63. The van der Waals surface area contributed by atoms with Gasteiger partial charge in [0.25, 0.3) is 0 Å². The summed E-state index contributed by atoms with van der Waals surface area (Å²) >= 11 is 1.79. The molecule has 88 valence electrons. The summed E-state index contributed by atoms with van der Waals surface area (Å²) in [6.45, 7) is 0. The van der Waals surface area contributed by atoms with Gasteiger partial charge in [0, 0.05) is 16.9 Å². The average molecular weight is 250 g/mol. The molecular formula is C12H10O4S. The van der Waals surface area contributed by atoms with Crippen LogP contribution in [-0.4, -0.2) is 22.2 Å². The molecule has 0 radical (unpaired) electrons. The van der Waals surface area contributed by atoms with Gasteiger partial charge in [-0.2, -0.15) is 0 Å². The zero-order valence-electron chi connectivity index (χ0n) is 8.74. The van der Waals surface area contributed by atoms with Crippen molar-refractivity contribution in [3.05, 3.63) is 47.9 Å². The molecule has 0 atom stereocenters. The molecule has 2 rings (SSSR count). The smallest absolute Gasteiger partial charge is 0.328 e. The number of benzene rings is 1. The molecule has 5 heteroatoms. The van der Waals surface area contributed by atoms with Gasteiger partial charge in [0.2, 0.25) is 0 Å². The zero-order valence-corrected chi connectivity index (χ0v) is 9.55. The Kier molecular flexibility index (Phi) is 4.90. The topological polar surface area (TPSA) is 74.6 Å². The van der Waals surface area contributed by atoms with E-state index in [1.807, 2.05) is 0 Å². The molecule has 1 aromatic carbocycles. The lowest BCUT2D eigenvalue weighted by molar-refractivity contribution is -0.134. The highest BCUT2D eigenvalue weighted by molar-refractivity contribution is 7.17. The van der Waals surface area contributed by atoms with Crippen LogP contribution in [0.2, 0.25) is 0 Å². The maximum absolute atomic E-state index is 9.55. The Labute approximate surface area is 101 Å². The van der Waals surface area contributed by atoms with Gasteiger partial charge < -0.3 is 10.2 Å². The van der Waals surface area contributed by atoms with E-state index in [1.165, 1.54) is 10.1 Å². The minimum absolute atomic E-state index is 0.558. The predicted molar refractivity (Wildman–Crippen MR) is 66.2 cm³/mol. The molecule has 2 N–H and O–H groups in total. The normalized spacial score (nSPS) is 9.88. The van der Waals surface area contributed by atoms with Crippen molar-refractivity contribution in [2.24, 2.45) is 0 Å². The molecule has 2 aromatic rings. The Bertz CT molecular complexity index is 496. The van der Waals surface area contributed by atoms with E-state index in [2.05, 4.69) is 35.7 Å². The lowest BCUT2D eigenvalue weighted by atomic mass is 10.3. The van der Waals surface area contributed by atoms with Crippen molar-refractivity contribution < 1.29 is 19.8 Å². The second kappa shape index (κ2) is 6.44. The molecular weight excluding hydrogens is 240 g/mol. The van der Waals surface area contributed by atoms with E-state index in [4.69, 9.17) is 10.2 Å². The average Bonchev–Trinajstić information content (AvgIpc) is 2.75. The quantitative estimate of drug-likeness (QED) is 0.803. The lowest BCUT2D eigenvalue weighted by Crippen LogP contribution is -1.91. The van der Waals surface area contributed by atoms with Crippen LogP contribution in [0, 0.1) is 0 Å². The van der Waals surface area contributed by atoms with Crippen LogP contribution < -0.4 is 0 Å². The van der Waals surface area contributed by atoms with Crippen LogP contribution in [0.3, 0.4) is 0 Å². The lowest BCUT2D eigenvalue weighted by Gasteiger charge is -1.82. The number of aliphatic carboxylic acids is 2. The number of rotatable bonds is 2. The second-order valence-electron chi connectivity index (χ2n) is 2.97. The highest BCUT2D eigenvalue weighted by Gasteiger charge is 1.88. The van der Waals surface area contributed by atoms with E-state index in [1.54, 1.807) is 11.3 Å². The summed E-state index contributed by atoms with van der Waals surface area (Å²) < 4.78 is 1.37. The molecule has 0 aliphatic carbocycles. The van der Waals surface area contributed by atoms with Crippen LogP contribution in [0.4, 0.5) is 0 Å². The van der Waals surface area contributed by atoms with Gasteiger partial charge in [-0.05, 0) is 22.9 Å². The predicted octanol–water partition coefficient (Wildman–Crippen LogP) is 2.61. The Hall–Kier alpha value is -2.14. The first-order valence-electron chi connectivity index (χ1n) is 4.66. The molecule has 0 amide bonds. The first kappa shape index (κ1) is 12.9. The van der Waals surface area contributed by atoms with Crippen molar-refractivity contribution in [1.82, 2.24) is 0 Å². The molecule has 0 saturated heterocycles. The van der Waals surface area contributed by atoms with Crippen molar-refractivity contribution >= 4 is 33.4 Å². The van der Waals surface area contributed by atoms with Crippen molar-refractivity contribution in [1.29, 1.82) is 0 Å². The van der Waals surface area contributed by atoms with E-state index in [0.717, 1.165) is 0 Å². The number of thiophene rings is 1. The largest absolute Gasteiger partial charge is 0.478 e. The van der Waals surface area contributed by atoms with Gasteiger partial charge in [0.05, 0.1) is 0 Å². The summed E-state index contributed by atoms with van der Waals surface area (Å²) in [5, 5.41) is 19.1. The number of fused-ring (bicyclic) bond motifs is 1. The number of hydrogen-bond acceptors (Lipinski definition) is 3. The van der Waals surface area contributed by atoms with Gasteiger partial charge in [-0.1, -0.05) is 18.2 Å². The van der Waals surface area contributed by atoms with Crippen LogP contribution in [0.5, 0.6) is 0 Å². The Balaban J connectivity index is 0.000000172. The van der Waals surface area contributed by atoms with E-state index < -0.39 is 11.9 Å². The van der Waals surface area contributed by atoms with E-state index in [0.29, 0.717) is 12.2 Å². The summed E-state index contributed by atoms with van der Waals surface area (Å²) in [4.78, 5) is 19.1. The molecule has 0 fully saturated rings. The maximum atomic E-state index is 9.55. The van der Waals surface area contributed by atoms with Crippen molar-refractivity contribution in [2.75, 3.05) is 0 Å². The van der Waals surface area contributed by atoms with Crippen LogP contribution >= 0.6 is 11.3 Å². The number of carboxylic acids is 2. The van der Waals surface area contributed by atoms with Gasteiger partial charge >= 0.3 is 11.9 Å². The number of carboxylic acid groups (broad SMARTS) is 2. The highest BCUT2D eigenvalue weighted by atomic mass is 32.1. The minimum Gasteiger partial charge on any atom is -0.478 e. The molecule has 0 unspecified atom stereocenters. The molecule has 0 spiro atoms. The third-order valence-electron chi connectivity index (χ3n) is 1.73. The summed E-state index contributed by atoms with van der Waals surface area (Å²) in [7, 11) is 0. The molecule has 1 aromatic heterocycles. The first-order valence-corrected chi connectivity index (χ1v) is 5.53. The van der Waals surface area contributed by atoms with Crippen molar-refractivity contribution in [3.63, 3.8) is 0 Å². The van der Waals surface area contributed by atoms with Gasteiger partial charge in [0.15, 0.2) is 0 Å². The summed E-state index contributed by atoms with van der Waals surface area (Å²) in [6, 6.07) is 10.5. The van der Waals surface area contributed by atoms with E-state index >= 15 is 0 Å². The van der Waals surface area contributed by atoms with Crippen LogP contribution in [0.25, 0.3) is 10.1 Å². The molecule has 1 heterocycles. The fourth-order valence-corrected chi connectivity index (χ4v) is 1.84. The Morgan fingerprint density at radius 1 is 1.00 bits per heavy atom. The Morgan fingerprint density at radius 2 is 1.59 bits per heavy atom. The molecule has 0 aliphatic heterocycles. The second-order valence-corrected chi connectivity index (χ2v) is 3.92. The molecule has 0 saturated carbocycles. The van der Waals surface area contributed by atoms with Crippen molar-refractivity contribution in [3.8, 4) is 0 Å². The van der Waals surface area contributed by atoms with Crippen LogP contribution in [0.1, 0.15) is 0 Å². The standard InChI is InChI=1S/C8H6S.C4H4O4/c1-2-4-8-7(3-1)5-6-9-8;5-3(6)1-2-4(7)8/h1-6H;1-2H,(H,5,6)(H,7,8). The number of hydrogen-bond donors (Lipinski definition) is 2. The van der Waals surface area contributed by atoms with Gasteiger partial charge in [-0.3, -0.25) is 0 Å². The third kappa shape index (κ3) is 4.94. The molecule has 0 aliphatic rings. The zero-order chi connectivity index (χ0) is 12.7. The SMILES string of the molecule is O=C(O)C=CC(=O)O.c1ccc2sccc2c1. The highest BCUT2D eigenvalue weighted by Crippen LogP contribution is 2.18. The summed E-state index contributed by atoms with van der Waals surface area (Å²) in [5.41, 5.74) is 0. The fraction of sp³-hybridized carbons (Fsp3) is 0. The van der Waals surface area contributed by atoms with Crippen LogP contribution in [-0.2, 0) is 9.59 Å². The monoisotopic (exact) mass is 250 g/mol. The van der Waals surface area contributed by atoms with E-state index in [9.17, 15) is 9.59 Å². The first-order chi connectivity index (χ1) is 8.09. The summed E-state index contributed by atoms with van der Waals surface area (Å²) in [6.07, 6.45) is 1.12. The molecule has 17 heavy (non-hydrogen) atoms. The molecule has 4 nitrogen and oxygen atoms in total. The Morgan fingerprint density at radius 3 is 2.12 bits per heavy atom. The van der Waals surface area contributed by atoms with Gasteiger partial charge in [-0.15, -0.1) is 11.3 Å². The fourth-order valence-electron chi connectivity index (χ4n) is 1.05. The van der Waals surface area contributed by atoms with E-state index in [-0.39, 0.29) is 0 Å². The summed E-state index contributed by atoms with van der Waals surface area (Å²) in [5.74, 6) is -2.51. The van der Waals surface area contributed by atoms with Gasteiger partial charge in [-0.25, -0.2) is 9.59 Å². The number of carbonyl (C=O) groups is 2. The molecule has 0 bridgehead atoms. The van der Waals surface area contributed by atoms with Crippen LogP contribution in [0.15, 0.2) is 47.9 Å². The minimum atomic E-state index is -1.26. The maximum Gasteiger partial charge on any atom is 0.328 e. The van der Waals surface area contributed by atoms with Gasteiger partial charge in [0.1, 0.15) is 0 Å².